The Kier molecular flexibility index (Phi) is 11.5. The SMILES string of the molecule is C[C@H]1CC2(CCN(c3ccc(C(=O)N4CCC(NCCNc5ccc(C(=O)N[C@@H]6CCC(=O)NC6=O)nc5)CC4)cc3)CC2)CN1c1ccc(C#N)c(Cl)c1. The zero-order chi connectivity index (χ0) is 38.5. The first-order valence-electron chi connectivity index (χ1n) is 19.3. The Bertz CT molecular complexity index is 1930. The Balaban J connectivity index is 0.802. The Morgan fingerprint density at radius 2 is 1.73 bits per heavy atom. The second-order valence-electron chi connectivity index (χ2n) is 15.3. The van der Waals surface area contributed by atoms with Gasteiger partial charge in [0.15, 0.2) is 0 Å². The summed E-state index contributed by atoms with van der Waals surface area (Å²) in [6.07, 6.45) is 7.16. The van der Waals surface area contributed by atoms with Gasteiger partial charge in [0.05, 0.1) is 22.5 Å². The van der Waals surface area contributed by atoms with Crippen LogP contribution in [0.4, 0.5) is 17.1 Å². The zero-order valence-corrected chi connectivity index (χ0v) is 31.9. The fourth-order valence-electron chi connectivity index (χ4n) is 8.50. The molecule has 5 heterocycles. The lowest BCUT2D eigenvalue weighted by atomic mass is 9.76. The Morgan fingerprint density at radius 3 is 2.40 bits per heavy atom. The molecule has 2 atom stereocenters. The van der Waals surface area contributed by atoms with Gasteiger partial charge in [-0.05, 0) is 105 Å². The number of rotatable bonds is 10. The van der Waals surface area contributed by atoms with E-state index in [1.807, 2.05) is 35.2 Å². The van der Waals surface area contributed by atoms with Gasteiger partial charge in [-0.1, -0.05) is 11.6 Å². The molecule has 7 rings (SSSR count). The van der Waals surface area contributed by atoms with Gasteiger partial charge in [0.2, 0.25) is 11.8 Å². The number of likely N-dealkylation sites (tertiary alicyclic amines) is 1. The summed E-state index contributed by atoms with van der Waals surface area (Å²) in [6.45, 7) is 8.04. The fraction of sp³-hybridized carbons (Fsp3) is 0.463. The maximum atomic E-state index is 13.4. The molecular weight excluding hydrogens is 718 g/mol. The maximum absolute atomic E-state index is 13.4. The molecule has 4 saturated heterocycles. The first-order valence-corrected chi connectivity index (χ1v) is 19.7. The highest BCUT2D eigenvalue weighted by Crippen LogP contribution is 2.46. The minimum atomic E-state index is -0.744. The fourth-order valence-corrected chi connectivity index (χ4v) is 8.72. The number of piperidine rings is 3. The molecule has 0 unspecified atom stereocenters. The van der Waals surface area contributed by atoms with Gasteiger partial charge in [-0.15, -0.1) is 0 Å². The molecule has 55 heavy (non-hydrogen) atoms. The van der Waals surface area contributed by atoms with E-state index in [0.717, 1.165) is 80.9 Å². The number of aromatic nitrogens is 1. The third-order valence-corrected chi connectivity index (χ3v) is 12.0. The van der Waals surface area contributed by atoms with Crippen molar-refractivity contribution in [1.29, 1.82) is 5.26 Å². The molecular formula is C41H48ClN9O4. The minimum Gasteiger partial charge on any atom is -0.383 e. The van der Waals surface area contributed by atoms with Crippen LogP contribution in [0.2, 0.25) is 5.02 Å². The molecule has 1 aromatic heterocycles. The van der Waals surface area contributed by atoms with Crippen LogP contribution in [-0.4, -0.2) is 97.5 Å². The van der Waals surface area contributed by atoms with E-state index in [2.05, 4.69) is 61.2 Å². The van der Waals surface area contributed by atoms with Crippen molar-refractivity contribution < 1.29 is 19.2 Å². The summed E-state index contributed by atoms with van der Waals surface area (Å²) >= 11 is 6.36. The van der Waals surface area contributed by atoms with Crippen LogP contribution in [0.3, 0.4) is 0 Å². The van der Waals surface area contributed by atoms with E-state index in [1.54, 1.807) is 18.3 Å². The van der Waals surface area contributed by atoms with Crippen LogP contribution in [0.5, 0.6) is 0 Å². The molecule has 0 bridgehead atoms. The van der Waals surface area contributed by atoms with Gasteiger partial charge in [-0.25, -0.2) is 4.98 Å². The van der Waals surface area contributed by atoms with Crippen molar-refractivity contribution in [3.63, 3.8) is 0 Å². The van der Waals surface area contributed by atoms with E-state index in [4.69, 9.17) is 11.6 Å². The highest BCUT2D eigenvalue weighted by molar-refractivity contribution is 6.32. The lowest BCUT2D eigenvalue weighted by Crippen LogP contribution is -2.52. The summed E-state index contributed by atoms with van der Waals surface area (Å²) in [5.74, 6) is -1.21. The molecule has 3 aromatic rings. The monoisotopic (exact) mass is 765 g/mol. The molecule has 13 nitrogen and oxygen atoms in total. The number of benzene rings is 2. The van der Waals surface area contributed by atoms with Crippen LogP contribution in [0.1, 0.15) is 78.3 Å². The third-order valence-electron chi connectivity index (χ3n) is 11.7. The number of halogens is 1. The first kappa shape index (κ1) is 38.1. The normalized spacial score (nSPS) is 21.3. The summed E-state index contributed by atoms with van der Waals surface area (Å²) in [5, 5.41) is 21.5. The van der Waals surface area contributed by atoms with Crippen molar-refractivity contribution in [2.75, 3.05) is 60.9 Å². The van der Waals surface area contributed by atoms with Crippen LogP contribution in [-0.2, 0) is 9.59 Å². The highest BCUT2D eigenvalue weighted by atomic mass is 35.5. The minimum absolute atomic E-state index is 0.0777. The number of anilines is 3. The average Bonchev–Trinajstić information content (AvgIpc) is 3.52. The van der Waals surface area contributed by atoms with Crippen molar-refractivity contribution in [2.45, 2.75) is 70.0 Å². The molecule has 4 N–H and O–H groups in total. The number of imide groups is 1. The highest BCUT2D eigenvalue weighted by Gasteiger charge is 2.44. The van der Waals surface area contributed by atoms with Crippen molar-refractivity contribution in [3.05, 3.63) is 82.6 Å². The van der Waals surface area contributed by atoms with Crippen molar-refractivity contribution in [2.24, 2.45) is 5.41 Å². The predicted molar refractivity (Wildman–Crippen MR) is 211 cm³/mol. The van der Waals surface area contributed by atoms with E-state index in [-0.39, 0.29) is 35.8 Å². The summed E-state index contributed by atoms with van der Waals surface area (Å²) in [7, 11) is 0. The predicted octanol–water partition coefficient (Wildman–Crippen LogP) is 4.33. The second-order valence-corrected chi connectivity index (χ2v) is 15.8. The van der Waals surface area contributed by atoms with Crippen molar-refractivity contribution in [3.8, 4) is 6.07 Å². The van der Waals surface area contributed by atoms with E-state index in [0.29, 0.717) is 42.3 Å². The van der Waals surface area contributed by atoms with E-state index in [9.17, 15) is 24.4 Å². The summed E-state index contributed by atoms with van der Waals surface area (Å²) in [5.41, 5.74) is 4.71. The van der Waals surface area contributed by atoms with Gasteiger partial charge in [0.1, 0.15) is 17.8 Å². The second kappa shape index (κ2) is 16.7. The topological polar surface area (TPSA) is 163 Å². The number of nitrogens with zero attached hydrogens (tertiary/aromatic N) is 5. The Labute approximate surface area is 326 Å². The number of hydrogen-bond acceptors (Lipinski definition) is 10. The standard InChI is InChI=1S/C41H48ClN9O4/c1-27-23-41(26-51(27)33-8-4-29(24-43)34(42)22-33)14-20-49(21-15-41)32-6-2-28(3-7-32)40(55)50-18-12-30(13-19-50)44-16-17-45-31-5-9-35(46-25-31)38(53)47-36-10-11-37(52)48-39(36)54/h2-9,22,25,27,30,36,44-45H,10-21,23,26H2,1H3,(H,47,53)(H,48,52,54)/t27-,36+/m0/s1. The molecule has 0 saturated carbocycles. The van der Waals surface area contributed by atoms with Gasteiger partial charge in [0.25, 0.3) is 11.8 Å². The van der Waals surface area contributed by atoms with Gasteiger partial charge in [0, 0.05) is 81.3 Å². The van der Waals surface area contributed by atoms with E-state index >= 15 is 0 Å². The quantitative estimate of drug-likeness (QED) is 0.173. The van der Waals surface area contributed by atoms with Crippen LogP contribution in [0.25, 0.3) is 0 Å². The van der Waals surface area contributed by atoms with Crippen LogP contribution in [0, 0.1) is 16.7 Å². The van der Waals surface area contributed by atoms with Crippen molar-refractivity contribution >= 4 is 52.3 Å². The number of hydrogen-bond donors (Lipinski definition) is 4. The van der Waals surface area contributed by atoms with Gasteiger partial charge >= 0.3 is 0 Å². The molecule has 4 amide bonds. The van der Waals surface area contributed by atoms with Gasteiger partial charge < -0.3 is 30.7 Å². The van der Waals surface area contributed by atoms with Crippen LogP contribution >= 0.6 is 11.6 Å². The van der Waals surface area contributed by atoms with Crippen molar-refractivity contribution in [1.82, 2.24) is 25.8 Å². The molecule has 4 aliphatic heterocycles. The molecule has 1 spiro atoms. The molecule has 4 fully saturated rings. The number of nitriles is 1. The molecule has 4 aliphatic rings. The number of nitrogens with one attached hydrogen (secondary N) is 4. The number of carbonyl (C=O) groups excluding carboxylic acids is 4. The molecule has 2 aromatic carbocycles. The first-order chi connectivity index (χ1) is 26.6. The van der Waals surface area contributed by atoms with Gasteiger partial charge in [-0.2, -0.15) is 5.26 Å². The smallest absolute Gasteiger partial charge is 0.270 e. The Hall–Kier alpha value is -5.19. The molecule has 0 aliphatic carbocycles. The number of carbonyl (C=O) groups is 4. The lowest BCUT2D eigenvalue weighted by molar-refractivity contribution is -0.134. The largest absolute Gasteiger partial charge is 0.383 e. The lowest BCUT2D eigenvalue weighted by Gasteiger charge is -2.40. The summed E-state index contributed by atoms with van der Waals surface area (Å²) in [6, 6.07) is 19.4. The van der Waals surface area contributed by atoms with Gasteiger partial charge in [-0.3, -0.25) is 24.5 Å². The maximum Gasteiger partial charge on any atom is 0.270 e. The summed E-state index contributed by atoms with van der Waals surface area (Å²) < 4.78 is 0. The average molecular weight is 766 g/mol. The molecule has 0 radical (unpaired) electrons. The Morgan fingerprint density at radius 1 is 0.982 bits per heavy atom. The number of amides is 4. The summed E-state index contributed by atoms with van der Waals surface area (Å²) in [4.78, 5) is 60.2. The van der Waals surface area contributed by atoms with E-state index < -0.39 is 17.9 Å². The third kappa shape index (κ3) is 8.87. The molecule has 288 valence electrons. The van der Waals surface area contributed by atoms with Crippen LogP contribution in [0.15, 0.2) is 60.8 Å². The zero-order valence-electron chi connectivity index (χ0n) is 31.2. The van der Waals surface area contributed by atoms with E-state index in [1.165, 1.54) is 0 Å². The number of pyridine rings is 1. The van der Waals surface area contributed by atoms with Crippen LogP contribution < -0.4 is 31.1 Å². The molecule has 14 heteroatoms.